The van der Waals surface area contributed by atoms with Crippen LogP contribution < -0.4 is 4.90 Å². The van der Waals surface area contributed by atoms with Gasteiger partial charge in [-0.25, -0.2) is 4.98 Å². The molecule has 5 nitrogen and oxygen atoms in total. The summed E-state index contributed by atoms with van der Waals surface area (Å²) in [6, 6.07) is 7.89. The summed E-state index contributed by atoms with van der Waals surface area (Å²) in [5, 5.41) is 0. The molecule has 0 N–H and O–H groups in total. The van der Waals surface area contributed by atoms with Crippen LogP contribution in [0.25, 0.3) is 0 Å². The van der Waals surface area contributed by atoms with Crippen LogP contribution in [-0.2, 0) is 12.0 Å². The molecule has 0 bridgehead atoms. The highest BCUT2D eigenvalue weighted by Gasteiger charge is 2.22. The zero-order chi connectivity index (χ0) is 18.0. The van der Waals surface area contributed by atoms with Gasteiger partial charge in [0.05, 0.1) is 12.7 Å². The van der Waals surface area contributed by atoms with Crippen molar-refractivity contribution in [2.75, 3.05) is 31.1 Å². The second-order valence-corrected chi connectivity index (χ2v) is 7.73. The lowest BCUT2D eigenvalue weighted by Gasteiger charge is -2.35. The van der Waals surface area contributed by atoms with Gasteiger partial charge >= 0.3 is 0 Å². The molecule has 0 radical (unpaired) electrons. The van der Waals surface area contributed by atoms with Crippen molar-refractivity contribution < 1.29 is 9.21 Å². The number of carbonyl (C=O) groups is 1. The van der Waals surface area contributed by atoms with Crippen LogP contribution in [0.5, 0.6) is 0 Å². The summed E-state index contributed by atoms with van der Waals surface area (Å²) in [5.74, 6) is 1.84. The first-order valence-electron chi connectivity index (χ1n) is 8.86. The minimum absolute atomic E-state index is 0.00399. The van der Waals surface area contributed by atoms with Gasteiger partial charge in [-0.05, 0) is 31.2 Å². The third-order valence-electron chi connectivity index (χ3n) is 4.66. The van der Waals surface area contributed by atoms with Crippen LogP contribution in [0.2, 0.25) is 0 Å². The molecule has 25 heavy (non-hydrogen) atoms. The van der Waals surface area contributed by atoms with Gasteiger partial charge in [0.25, 0.3) is 0 Å². The molecule has 0 spiro atoms. The zero-order valence-corrected chi connectivity index (χ0v) is 15.6. The van der Waals surface area contributed by atoms with Crippen molar-refractivity contribution in [1.29, 1.82) is 0 Å². The Bertz CT molecular complexity index is 720. The maximum atomic E-state index is 11.4. The second kappa shape index (κ2) is 7.00. The SMILES string of the molecule is CC(=O)c1ccc(N2CCN(Cc3ncc(C(C)(C)C)o3)CC2)cc1. The molecule has 2 heterocycles. The van der Waals surface area contributed by atoms with Gasteiger partial charge in [0.1, 0.15) is 5.76 Å². The van der Waals surface area contributed by atoms with Crippen LogP contribution in [0.4, 0.5) is 5.69 Å². The quantitative estimate of drug-likeness (QED) is 0.797. The average molecular weight is 341 g/mol. The fourth-order valence-corrected chi connectivity index (χ4v) is 2.99. The largest absolute Gasteiger partial charge is 0.444 e. The second-order valence-electron chi connectivity index (χ2n) is 7.73. The van der Waals surface area contributed by atoms with E-state index in [0.29, 0.717) is 0 Å². The third-order valence-corrected chi connectivity index (χ3v) is 4.66. The molecule has 3 rings (SSSR count). The van der Waals surface area contributed by atoms with Crippen molar-refractivity contribution in [2.45, 2.75) is 39.7 Å². The van der Waals surface area contributed by atoms with Crippen molar-refractivity contribution in [1.82, 2.24) is 9.88 Å². The number of ketones is 1. The zero-order valence-electron chi connectivity index (χ0n) is 15.6. The van der Waals surface area contributed by atoms with Gasteiger partial charge in [-0.3, -0.25) is 9.69 Å². The summed E-state index contributed by atoms with van der Waals surface area (Å²) in [5.41, 5.74) is 1.94. The first kappa shape index (κ1) is 17.7. The van der Waals surface area contributed by atoms with Crippen molar-refractivity contribution >= 4 is 11.5 Å². The van der Waals surface area contributed by atoms with Crippen LogP contribution >= 0.6 is 0 Å². The van der Waals surface area contributed by atoms with Crippen molar-refractivity contribution in [3.05, 3.63) is 47.7 Å². The van der Waals surface area contributed by atoms with E-state index >= 15 is 0 Å². The number of hydrogen-bond acceptors (Lipinski definition) is 5. The Morgan fingerprint density at radius 1 is 1.12 bits per heavy atom. The smallest absolute Gasteiger partial charge is 0.208 e. The van der Waals surface area contributed by atoms with Crippen molar-refractivity contribution in [3.8, 4) is 0 Å². The number of piperazine rings is 1. The number of oxazole rings is 1. The summed E-state index contributed by atoms with van der Waals surface area (Å²) in [6.07, 6.45) is 1.85. The van der Waals surface area contributed by atoms with Crippen LogP contribution in [0.15, 0.2) is 34.9 Å². The Hall–Kier alpha value is -2.14. The highest BCUT2D eigenvalue weighted by molar-refractivity contribution is 5.94. The topological polar surface area (TPSA) is 49.6 Å². The highest BCUT2D eigenvalue weighted by atomic mass is 16.4. The normalized spacial score (nSPS) is 16.2. The predicted molar refractivity (Wildman–Crippen MR) is 99.1 cm³/mol. The lowest BCUT2D eigenvalue weighted by molar-refractivity contribution is 0.101. The number of hydrogen-bond donors (Lipinski definition) is 0. The minimum Gasteiger partial charge on any atom is -0.444 e. The number of carbonyl (C=O) groups excluding carboxylic acids is 1. The standard InChI is InChI=1S/C20H27N3O2/c1-15(24)16-5-7-17(8-6-16)23-11-9-22(10-12-23)14-19-21-13-18(25-19)20(2,3)4/h5-8,13H,9-12,14H2,1-4H3. The van der Waals surface area contributed by atoms with E-state index < -0.39 is 0 Å². The molecule has 1 saturated heterocycles. The molecule has 0 saturated carbocycles. The number of rotatable bonds is 4. The molecule has 1 aliphatic heterocycles. The Kier molecular flexibility index (Phi) is 4.95. The molecule has 0 unspecified atom stereocenters. The Balaban J connectivity index is 1.55. The van der Waals surface area contributed by atoms with E-state index in [2.05, 4.69) is 35.6 Å². The van der Waals surface area contributed by atoms with Crippen LogP contribution in [-0.4, -0.2) is 41.8 Å². The monoisotopic (exact) mass is 341 g/mol. The average Bonchev–Trinajstić information content (AvgIpc) is 3.04. The summed E-state index contributed by atoms with van der Waals surface area (Å²) >= 11 is 0. The van der Waals surface area contributed by atoms with Crippen LogP contribution in [0.3, 0.4) is 0 Å². The van der Waals surface area contributed by atoms with Gasteiger partial charge in [0.15, 0.2) is 5.78 Å². The van der Waals surface area contributed by atoms with Crippen molar-refractivity contribution in [3.63, 3.8) is 0 Å². The van der Waals surface area contributed by atoms with E-state index in [-0.39, 0.29) is 11.2 Å². The van der Waals surface area contributed by atoms with E-state index in [9.17, 15) is 4.79 Å². The molecule has 1 fully saturated rings. The molecule has 1 aliphatic rings. The first-order valence-corrected chi connectivity index (χ1v) is 8.86. The van der Waals surface area contributed by atoms with E-state index in [1.807, 2.05) is 30.5 Å². The molecule has 0 atom stereocenters. The van der Waals surface area contributed by atoms with Gasteiger partial charge in [-0.15, -0.1) is 0 Å². The van der Waals surface area contributed by atoms with Gasteiger partial charge in [-0.2, -0.15) is 0 Å². The lowest BCUT2D eigenvalue weighted by Crippen LogP contribution is -2.46. The van der Waals surface area contributed by atoms with Gasteiger partial charge in [0, 0.05) is 42.8 Å². The molecule has 5 heteroatoms. The maximum absolute atomic E-state index is 11.4. The minimum atomic E-state index is -0.00399. The third kappa shape index (κ3) is 4.28. The fraction of sp³-hybridized carbons (Fsp3) is 0.500. The van der Waals surface area contributed by atoms with E-state index in [1.165, 1.54) is 5.69 Å². The summed E-state index contributed by atoms with van der Waals surface area (Å²) in [4.78, 5) is 20.5. The van der Waals surface area contributed by atoms with Gasteiger partial charge < -0.3 is 9.32 Å². The van der Waals surface area contributed by atoms with Gasteiger partial charge in [-0.1, -0.05) is 20.8 Å². The van der Waals surface area contributed by atoms with E-state index in [4.69, 9.17) is 4.42 Å². The molecule has 1 aromatic heterocycles. The lowest BCUT2D eigenvalue weighted by atomic mass is 9.94. The summed E-state index contributed by atoms with van der Waals surface area (Å²) < 4.78 is 5.90. The van der Waals surface area contributed by atoms with Gasteiger partial charge in [0.2, 0.25) is 5.89 Å². The number of Topliss-reactive ketones (excluding diaryl/α,β-unsaturated/α-hetero) is 1. The maximum Gasteiger partial charge on any atom is 0.208 e. The molecular weight excluding hydrogens is 314 g/mol. The summed E-state index contributed by atoms with van der Waals surface area (Å²) in [7, 11) is 0. The molecule has 1 aromatic carbocycles. The molecule has 0 aliphatic carbocycles. The first-order chi connectivity index (χ1) is 11.8. The molecule has 0 amide bonds. The number of anilines is 1. The van der Waals surface area contributed by atoms with E-state index in [1.54, 1.807) is 6.92 Å². The number of benzene rings is 1. The van der Waals surface area contributed by atoms with Crippen LogP contribution in [0, 0.1) is 0 Å². The molecule has 134 valence electrons. The highest BCUT2D eigenvalue weighted by Crippen LogP contribution is 2.23. The Morgan fingerprint density at radius 3 is 2.28 bits per heavy atom. The number of nitrogens with zero attached hydrogens (tertiary/aromatic N) is 3. The predicted octanol–water partition coefficient (Wildman–Crippen LogP) is 3.50. The van der Waals surface area contributed by atoms with E-state index in [0.717, 1.165) is 49.9 Å². The number of aromatic nitrogens is 1. The summed E-state index contributed by atoms with van der Waals surface area (Å²) in [6.45, 7) is 12.6. The fourth-order valence-electron chi connectivity index (χ4n) is 2.99. The molecule has 2 aromatic rings. The van der Waals surface area contributed by atoms with Crippen LogP contribution in [0.1, 0.15) is 49.7 Å². The van der Waals surface area contributed by atoms with Crippen molar-refractivity contribution in [2.24, 2.45) is 0 Å². The Labute approximate surface area is 149 Å². The molecular formula is C20H27N3O2. The Morgan fingerprint density at radius 2 is 1.76 bits per heavy atom.